The molecular weight excluding hydrogens is 265 g/mol. The van der Waals surface area contributed by atoms with E-state index in [1.165, 1.54) is 32.1 Å². The molecule has 3 nitrogen and oxygen atoms in total. The van der Waals surface area contributed by atoms with Gasteiger partial charge in [-0.05, 0) is 44.8 Å². The van der Waals surface area contributed by atoms with Crippen molar-refractivity contribution >= 4 is 0 Å². The number of nitrogens with one attached hydrogen (secondary N) is 1. The fourth-order valence-corrected chi connectivity index (χ4v) is 3.72. The highest BCUT2D eigenvalue weighted by molar-refractivity contribution is 5.35. The third kappa shape index (κ3) is 3.09. The SMILES string of the molecule is N#Cc1cccc(CN2CCCCC2C2CCCN2)c1F. The minimum absolute atomic E-state index is 0.153. The van der Waals surface area contributed by atoms with Crippen LogP contribution in [0.1, 0.15) is 43.2 Å². The molecule has 2 aliphatic heterocycles. The molecule has 112 valence electrons. The Morgan fingerprint density at radius 3 is 2.95 bits per heavy atom. The van der Waals surface area contributed by atoms with Crippen LogP contribution in [-0.2, 0) is 6.54 Å². The zero-order chi connectivity index (χ0) is 14.7. The van der Waals surface area contributed by atoms with Crippen molar-refractivity contribution in [3.63, 3.8) is 0 Å². The van der Waals surface area contributed by atoms with E-state index in [1.807, 2.05) is 12.1 Å². The van der Waals surface area contributed by atoms with Gasteiger partial charge in [-0.2, -0.15) is 5.26 Å². The van der Waals surface area contributed by atoms with Gasteiger partial charge in [-0.1, -0.05) is 18.6 Å². The van der Waals surface area contributed by atoms with Gasteiger partial charge in [0.1, 0.15) is 11.9 Å². The summed E-state index contributed by atoms with van der Waals surface area (Å²) in [7, 11) is 0. The maximum atomic E-state index is 14.3. The van der Waals surface area contributed by atoms with Gasteiger partial charge in [0.05, 0.1) is 5.56 Å². The number of hydrogen-bond donors (Lipinski definition) is 1. The van der Waals surface area contributed by atoms with Gasteiger partial charge in [0.2, 0.25) is 0 Å². The normalized spacial score (nSPS) is 26.7. The Labute approximate surface area is 125 Å². The van der Waals surface area contributed by atoms with Crippen LogP contribution in [0.2, 0.25) is 0 Å². The molecule has 0 saturated carbocycles. The zero-order valence-corrected chi connectivity index (χ0v) is 12.3. The van der Waals surface area contributed by atoms with E-state index < -0.39 is 0 Å². The van der Waals surface area contributed by atoms with Gasteiger partial charge in [-0.3, -0.25) is 4.90 Å². The summed E-state index contributed by atoms with van der Waals surface area (Å²) in [6.07, 6.45) is 6.11. The Bertz CT molecular complexity index is 531. The molecule has 0 spiro atoms. The first-order valence-corrected chi connectivity index (χ1v) is 7.94. The lowest BCUT2D eigenvalue weighted by atomic mass is 9.94. The lowest BCUT2D eigenvalue weighted by Gasteiger charge is -2.39. The fraction of sp³-hybridized carbons (Fsp3) is 0.588. The molecule has 3 rings (SSSR count). The molecule has 1 aromatic rings. The summed E-state index contributed by atoms with van der Waals surface area (Å²) < 4.78 is 14.3. The number of piperidine rings is 1. The van der Waals surface area contributed by atoms with E-state index in [2.05, 4.69) is 10.2 Å². The van der Waals surface area contributed by atoms with Crippen molar-refractivity contribution in [3.05, 3.63) is 35.1 Å². The number of likely N-dealkylation sites (tertiary alicyclic amines) is 1. The number of hydrogen-bond acceptors (Lipinski definition) is 3. The van der Waals surface area contributed by atoms with Crippen molar-refractivity contribution in [1.29, 1.82) is 5.26 Å². The Balaban J connectivity index is 1.77. The third-order valence-electron chi connectivity index (χ3n) is 4.80. The minimum Gasteiger partial charge on any atom is -0.312 e. The van der Waals surface area contributed by atoms with E-state index >= 15 is 0 Å². The second-order valence-electron chi connectivity index (χ2n) is 6.13. The van der Waals surface area contributed by atoms with E-state index in [4.69, 9.17) is 5.26 Å². The van der Waals surface area contributed by atoms with Gasteiger partial charge < -0.3 is 5.32 Å². The summed E-state index contributed by atoms with van der Waals surface area (Å²) in [5.74, 6) is -0.344. The Morgan fingerprint density at radius 1 is 1.29 bits per heavy atom. The maximum Gasteiger partial charge on any atom is 0.145 e. The molecule has 4 heteroatoms. The Morgan fingerprint density at radius 2 is 2.19 bits per heavy atom. The minimum atomic E-state index is -0.344. The monoisotopic (exact) mass is 287 g/mol. The number of rotatable bonds is 3. The predicted octanol–water partition coefficient (Wildman–Crippen LogP) is 2.80. The van der Waals surface area contributed by atoms with Gasteiger partial charge in [0.15, 0.2) is 0 Å². The largest absolute Gasteiger partial charge is 0.312 e. The summed E-state index contributed by atoms with van der Waals surface area (Å²) in [5.41, 5.74) is 0.805. The summed E-state index contributed by atoms with van der Waals surface area (Å²) in [6.45, 7) is 2.75. The molecule has 2 unspecified atom stereocenters. The molecule has 0 aromatic heterocycles. The van der Waals surface area contributed by atoms with E-state index in [9.17, 15) is 4.39 Å². The predicted molar refractivity (Wildman–Crippen MR) is 80.2 cm³/mol. The van der Waals surface area contributed by atoms with Crippen LogP contribution in [0.4, 0.5) is 4.39 Å². The lowest BCUT2D eigenvalue weighted by Crippen LogP contribution is -2.49. The van der Waals surface area contributed by atoms with Crippen molar-refractivity contribution < 1.29 is 4.39 Å². The van der Waals surface area contributed by atoms with Gasteiger partial charge >= 0.3 is 0 Å². The van der Waals surface area contributed by atoms with Gasteiger partial charge in [-0.25, -0.2) is 4.39 Å². The second-order valence-corrected chi connectivity index (χ2v) is 6.13. The summed E-state index contributed by atoms with van der Waals surface area (Å²) in [6, 6.07) is 8.13. The molecule has 0 radical (unpaired) electrons. The molecule has 1 N–H and O–H groups in total. The number of halogens is 1. The molecule has 2 atom stereocenters. The van der Waals surface area contributed by atoms with Crippen LogP contribution in [0.5, 0.6) is 0 Å². The van der Waals surface area contributed by atoms with Crippen LogP contribution in [-0.4, -0.2) is 30.1 Å². The lowest BCUT2D eigenvalue weighted by molar-refractivity contribution is 0.111. The summed E-state index contributed by atoms with van der Waals surface area (Å²) in [5, 5.41) is 12.6. The molecule has 0 bridgehead atoms. The standard InChI is InChI=1S/C17H22FN3/c18-17-13(11-19)5-3-6-14(17)12-21-10-2-1-8-16(21)15-7-4-9-20-15/h3,5-6,15-16,20H,1-2,4,7-10,12H2. The first-order valence-electron chi connectivity index (χ1n) is 7.94. The van der Waals surface area contributed by atoms with Gasteiger partial charge in [0, 0.05) is 24.2 Å². The molecule has 2 saturated heterocycles. The summed E-state index contributed by atoms with van der Waals surface area (Å²) in [4.78, 5) is 2.41. The van der Waals surface area contributed by atoms with Crippen molar-refractivity contribution in [3.8, 4) is 6.07 Å². The Kier molecular flexibility index (Phi) is 4.52. The van der Waals surface area contributed by atoms with Crippen LogP contribution >= 0.6 is 0 Å². The van der Waals surface area contributed by atoms with Crippen LogP contribution in [0.3, 0.4) is 0 Å². The second kappa shape index (κ2) is 6.55. The molecular formula is C17H22FN3. The van der Waals surface area contributed by atoms with Crippen molar-refractivity contribution in [2.45, 2.75) is 50.7 Å². The number of nitriles is 1. The average molecular weight is 287 g/mol. The van der Waals surface area contributed by atoms with E-state index in [0.29, 0.717) is 24.2 Å². The molecule has 2 aliphatic rings. The smallest absolute Gasteiger partial charge is 0.145 e. The van der Waals surface area contributed by atoms with Crippen LogP contribution in [0.25, 0.3) is 0 Å². The summed E-state index contributed by atoms with van der Waals surface area (Å²) >= 11 is 0. The zero-order valence-electron chi connectivity index (χ0n) is 12.3. The topological polar surface area (TPSA) is 39.1 Å². The number of benzene rings is 1. The van der Waals surface area contributed by atoms with Crippen molar-refractivity contribution in [2.75, 3.05) is 13.1 Å². The van der Waals surface area contributed by atoms with Gasteiger partial charge in [0.25, 0.3) is 0 Å². The number of nitrogens with zero attached hydrogens (tertiary/aromatic N) is 2. The van der Waals surface area contributed by atoms with E-state index in [0.717, 1.165) is 13.1 Å². The third-order valence-corrected chi connectivity index (χ3v) is 4.80. The highest BCUT2D eigenvalue weighted by atomic mass is 19.1. The highest BCUT2D eigenvalue weighted by Crippen LogP contribution is 2.26. The van der Waals surface area contributed by atoms with Gasteiger partial charge in [-0.15, -0.1) is 0 Å². The van der Waals surface area contributed by atoms with E-state index in [-0.39, 0.29) is 11.4 Å². The molecule has 0 aliphatic carbocycles. The maximum absolute atomic E-state index is 14.3. The highest BCUT2D eigenvalue weighted by Gasteiger charge is 2.31. The molecule has 0 amide bonds. The first kappa shape index (κ1) is 14.5. The fourth-order valence-electron chi connectivity index (χ4n) is 3.72. The van der Waals surface area contributed by atoms with E-state index in [1.54, 1.807) is 12.1 Å². The van der Waals surface area contributed by atoms with Crippen LogP contribution in [0, 0.1) is 17.1 Å². The van der Waals surface area contributed by atoms with Crippen LogP contribution in [0.15, 0.2) is 18.2 Å². The van der Waals surface area contributed by atoms with Crippen molar-refractivity contribution in [1.82, 2.24) is 10.2 Å². The Hall–Kier alpha value is -1.44. The van der Waals surface area contributed by atoms with Crippen LogP contribution < -0.4 is 5.32 Å². The molecule has 2 heterocycles. The quantitative estimate of drug-likeness (QED) is 0.929. The molecule has 21 heavy (non-hydrogen) atoms. The molecule has 1 aromatic carbocycles. The molecule has 2 fully saturated rings. The first-order chi connectivity index (χ1) is 10.3. The average Bonchev–Trinajstić information content (AvgIpc) is 3.04. The van der Waals surface area contributed by atoms with Crippen molar-refractivity contribution in [2.24, 2.45) is 0 Å².